The van der Waals surface area contributed by atoms with Gasteiger partial charge >= 0.3 is 0 Å². The molecule has 0 saturated heterocycles. The second-order valence-corrected chi connectivity index (χ2v) is 23.6. The lowest BCUT2D eigenvalue weighted by Crippen LogP contribution is -2.27. The summed E-state index contributed by atoms with van der Waals surface area (Å²) in [7, 11) is 0. The number of hydrogen-bond acceptors (Lipinski definition) is 6. The van der Waals surface area contributed by atoms with E-state index in [4.69, 9.17) is 0 Å². The van der Waals surface area contributed by atoms with Crippen LogP contribution in [0.5, 0.6) is 11.5 Å². The Morgan fingerprint density at radius 2 is 1.03 bits per heavy atom. The molecular weight excluding hydrogens is 809 g/mol. The Balaban J connectivity index is 1.14. The molecule has 1 aliphatic carbocycles. The lowest BCUT2D eigenvalue weighted by Gasteiger charge is -2.31. The monoisotopic (exact) mass is 889 g/mol. The highest BCUT2D eigenvalue weighted by Crippen LogP contribution is 2.41. The normalized spacial score (nSPS) is 16.1. The van der Waals surface area contributed by atoms with E-state index < -0.39 is 0 Å². The van der Waals surface area contributed by atoms with Gasteiger partial charge in [-0.25, -0.2) is 0 Å². The number of aromatic hydroxyl groups is 2. The molecule has 352 valence electrons. The van der Waals surface area contributed by atoms with E-state index in [0.29, 0.717) is 35.9 Å². The fourth-order valence-electron chi connectivity index (χ4n) is 9.39. The fraction of sp³-hybridized carbons (Fsp3) is 0.433. The van der Waals surface area contributed by atoms with Crippen molar-refractivity contribution in [2.75, 3.05) is 20.9 Å². The van der Waals surface area contributed by atoms with Crippen molar-refractivity contribution < 1.29 is 10.2 Å². The Morgan fingerprint density at radius 3 is 1.53 bits per heavy atom. The minimum atomic E-state index is -0.230. The first kappa shape index (κ1) is 49.8. The van der Waals surface area contributed by atoms with Crippen LogP contribution in [0, 0.1) is 24.2 Å². The molecule has 5 aromatic rings. The number of aryl methyl sites for hydroxylation is 1. The van der Waals surface area contributed by atoms with Gasteiger partial charge in [0.2, 0.25) is 0 Å². The minimum Gasteiger partial charge on any atom is -0.507 e. The van der Waals surface area contributed by atoms with Gasteiger partial charge in [0.1, 0.15) is 11.5 Å². The van der Waals surface area contributed by atoms with Gasteiger partial charge in [-0.15, -0.1) is 0 Å². The van der Waals surface area contributed by atoms with Gasteiger partial charge in [0, 0.05) is 53.1 Å². The minimum absolute atomic E-state index is 0.165. The Morgan fingerprint density at radius 1 is 0.576 bits per heavy atom. The summed E-state index contributed by atoms with van der Waals surface area (Å²) in [6.07, 6.45) is 9.05. The van der Waals surface area contributed by atoms with Gasteiger partial charge in [-0.3, -0.25) is 0 Å². The third kappa shape index (κ3) is 13.3. The van der Waals surface area contributed by atoms with Gasteiger partial charge in [0.05, 0.1) is 6.04 Å². The molecule has 0 aliphatic heterocycles. The third-order valence-corrected chi connectivity index (χ3v) is 12.7. The molecule has 0 amide bonds. The van der Waals surface area contributed by atoms with E-state index >= 15 is 0 Å². The van der Waals surface area contributed by atoms with Crippen LogP contribution >= 0.6 is 0 Å². The van der Waals surface area contributed by atoms with Crippen molar-refractivity contribution in [3.8, 4) is 11.5 Å². The lowest BCUT2D eigenvalue weighted by atomic mass is 9.78. The van der Waals surface area contributed by atoms with Crippen molar-refractivity contribution in [2.24, 2.45) is 17.3 Å². The maximum atomic E-state index is 11.5. The lowest BCUT2D eigenvalue weighted by molar-refractivity contribution is 0.306. The van der Waals surface area contributed by atoms with Crippen LogP contribution in [0.15, 0.2) is 121 Å². The van der Waals surface area contributed by atoms with Crippen LogP contribution in [-0.2, 0) is 35.8 Å². The standard InChI is InChI=1S/C60H80N4O2/c1-39(36-57(4,5)6)30-42-16-18-45(19-17-42)61-46-20-22-48(23-21-46)63-54-29-26-49(32-40(54)2)62-47-24-27-50(28-25-47)64(37-43-31-41(3)55(65)51(33-43)58(7,8)9)38-44-34-52(59(10,11)12)56(66)53(35-44)60(13,14)15/h16-29,31-35,39-40,54,61-63,65-66H,30,36-38H2,1-15H3. The van der Waals surface area contributed by atoms with E-state index in [2.05, 4.69) is 233 Å². The molecule has 66 heavy (non-hydrogen) atoms. The van der Waals surface area contributed by atoms with Crippen molar-refractivity contribution >= 4 is 28.4 Å². The predicted octanol–water partition coefficient (Wildman–Crippen LogP) is 15.8. The zero-order valence-electron chi connectivity index (χ0n) is 42.9. The number of phenols is 2. The summed E-state index contributed by atoms with van der Waals surface area (Å²) in [4.78, 5) is 2.40. The molecule has 5 aromatic carbocycles. The number of nitrogens with zero attached hydrogens (tertiary/aromatic N) is 1. The molecule has 0 saturated carbocycles. The van der Waals surface area contributed by atoms with Crippen LogP contribution < -0.4 is 20.9 Å². The van der Waals surface area contributed by atoms with Crippen LogP contribution in [0.2, 0.25) is 0 Å². The Labute approximate surface area is 398 Å². The Bertz CT molecular complexity index is 2450. The average Bonchev–Trinajstić information content (AvgIpc) is 3.20. The molecule has 3 atom stereocenters. The van der Waals surface area contributed by atoms with E-state index in [1.54, 1.807) is 0 Å². The van der Waals surface area contributed by atoms with Gasteiger partial charge in [0.25, 0.3) is 0 Å². The Hall–Kier alpha value is -5.62. The van der Waals surface area contributed by atoms with Crippen molar-refractivity contribution in [2.45, 2.75) is 152 Å². The molecule has 3 unspecified atom stereocenters. The summed E-state index contributed by atoms with van der Waals surface area (Å²) in [5, 5.41) is 33.6. The second kappa shape index (κ2) is 19.7. The highest BCUT2D eigenvalue weighted by Gasteiger charge is 2.28. The van der Waals surface area contributed by atoms with E-state index in [9.17, 15) is 10.2 Å². The van der Waals surface area contributed by atoms with Gasteiger partial charge < -0.3 is 31.1 Å². The van der Waals surface area contributed by atoms with Gasteiger partial charge in [-0.1, -0.05) is 127 Å². The molecule has 1 aliphatic rings. The number of allylic oxidation sites excluding steroid dienone is 1. The number of nitrogens with one attached hydrogen (secondary N) is 3. The van der Waals surface area contributed by atoms with Crippen LogP contribution in [0.1, 0.15) is 142 Å². The summed E-state index contributed by atoms with van der Waals surface area (Å²) in [5.41, 5.74) is 13.5. The maximum Gasteiger partial charge on any atom is 0.123 e. The number of phenolic OH excluding ortho intramolecular Hbond substituents is 2. The molecule has 0 heterocycles. The second-order valence-electron chi connectivity index (χ2n) is 23.6. The quantitative estimate of drug-likeness (QED) is 0.0764. The van der Waals surface area contributed by atoms with E-state index in [1.165, 1.54) is 12.0 Å². The van der Waals surface area contributed by atoms with E-state index in [0.717, 1.165) is 73.9 Å². The molecule has 6 nitrogen and oxygen atoms in total. The summed E-state index contributed by atoms with van der Waals surface area (Å²) >= 11 is 0. The highest BCUT2D eigenvalue weighted by atomic mass is 16.3. The highest BCUT2D eigenvalue weighted by molar-refractivity contribution is 5.64. The molecular formula is C60H80N4O2. The number of hydrogen-bond donors (Lipinski definition) is 5. The van der Waals surface area contributed by atoms with Crippen LogP contribution in [-0.4, -0.2) is 16.3 Å². The molecule has 5 N–H and O–H groups in total. The number of anilines is 5. The first-order valence-corrected chi connectivity index (χ1v) is 24.2. The summed E-state index contributed by atoms with van der Waals surface area (Å²) in [6, 6.07) is 35.0. The molecule has 0 bridgehead atoms. The van der Waals surface area contributed by atoms with Crippen molar-refractivity contribution in [3.63, 3.8) is 0 Å². The molecule has 6 rings (SSSR count). The number of benzene rings is 5. The molecule has 0 aromatic heterocycles. The van der Waals surface area contributed by atoms with Crippen LogP contribution in [0.3, 0.4) is 0 Å². The van der Waals surface area contributed by atoms with Crippen LogP contribution in [0.4, 0.5) is 28.4 Å². The SMILES string of the molecule is Cc1cc(CN(Cc2cc(C(C)(C)C)c(O)c(C(C)(C)C)c2)c2ccc(NC3=CC(C)C(Nc4ccc(Nc5ccc(CC(C)CC(C)(C)C)cc5)cc4)C=C3)cc2)cc(C(C)(C)C)c1O. The van der Waals surface area contributed by atoms with Crippen molar-refractivity contribution in [1.82, 2.24) is 0 Å². The first-order chi connectivity index (χ1) is 30.7. The van der Waals surface area contributed by atoms with Crippen molar-refractivity contribution in [1.29, 1.82) is 0 Å². The first-order valence-electron chi connectivity index (χ1n) is 24.2. The van der Waals surface area contributed by atoms with Gasteiger partial charge in [0.15, 0.2) is 0 Å². The number of rotatable bonds is 14. The molecule has 0 spiro atoms. The third-order valence-electron chi connectivity index (χ3n) is 12.7. The summed E-state index contributed by atoms with van der Waals surface area (Å²) in [5.74, 6) is 1.69. The zero-order chi connectivity index (χ0) is 48.4. The van der Waals surface area contributed by atoms with E-state index in [-0.39, 0.29) is 28.2 Å². The van der Waals surface area contributed by atoms with E-state index in [1.807, 2.05) is 6.92 Å². The summed E-state index contributed by atoms with van der Waals surface area (Å²) < 4.78 is 0. The average molecular weight is 889 g/mol. The molecule has 0 radical (unpaired) electrons. The predicted molar refractivity (Wildman–Crippen MR) is 284 cm³/mol. The maximum absolute atomic E-state index is 11.5. The van der Waals surface area contributed by atoms with Crippen LogP contribution in [0.25, 0.3) is 0 Å². The fourth-order valence-corrected chi connectivity index (χ4v) is 9.39. The Kier molecular flexibility index (Phi) is 14.9. The molecule has 0 fully saturated rings. The zero-order valence-corrected chi connectivity index (χ0v) is 42.9. The molecule has 6 heteroatoms. The van der Waals surface area contributed by atoms with Gasteiger partial charge in [-0.05, 0) is 171 Å². The van der Waals surface area contributed by atoms with Gasteiger partial charge in [-0.2, -0.15) is 0 Å². The smallest absolute Gasteiger partial charge is 0.123 e. The topological polar surface area (TPSA) is 79.8 Å². The van der Waals surface area contributed by atoms with Crippen molar-refractivity contribution in [3.05, 3.63) is 160 Å². The summed E-state index contributed by atoms with van der Waals surface area (Å²) in [6.45, 7) is 34.3. The largest absolute Gasteiger partial charge is 0.507 e.